The molecule has 3 rings (SSSR count). The van der Waals surface area contributed by atoms with Crippen molar-refractivity contribution in [2.75, 3.05) is 24.5 Å². The highest BCUT2D eigenvalue weighted by molar-refractivity contribution is 5.54. The number of para-hydroxylation sites is 1. The first kappa shape index (κ1) is 14.9. The van der Waals surface area contributed by atoms with Crippen LogP contribution in [0.2, 0.25) is 0 Å². The van der Waals surface area contributed by atoms with Crippen molar-refractivity contribution in [2.24, 2.45) is 11.8 Å². The first-order chi connectivity index (χ1) is 10.3. The molecular formula is C19H30N2. The van der Waals surface area contributed by atoms with Crippen LogP contribution in [0.4, 0.5) is 5.69 Å². The monoisotopic (exact) mass is 286 g/mol. The maximum absolute atomic E-state index is 3.72. The third-order valence-corrected chi connectivity index (χ3v) is 5.32. The third kappa shape index (κ3) is 4.00. The van der Waals surface area contributed by atoms with Crippen LogP contribution in [0.5, 0.6) is 0 Å². The van der Waals surface area contributed by atoms with Gasteiger partial charge in [0, 0.05) is 25.3 Å². The van der Waals surface area contributed by atoms with E-state index in [-0.39, 0.29) is 0 Å². The van der Waals surface area contributed by atoms with E-state index in [1.54, 1.807) is 0 Å². The Hall–Kier alpha value is -1.02. The summed E-state index contributed by atoms with van der Waals surface area (Å²) in [6.07, 6.45) is 8.39. The van der Waals surface area contributed by atoms with Gasteiger partial charge in [-0.05, 0) is 55.7 Å². The average molecular weight is 286 g/mol. The lowest BCUT2D eigenvalue weighted by Crippen LogP contribution is -2.27. The summed E-state index contributed by atoms with van der Waals surface area (Å²) >= 11 is 0. The molecule has 1 saturated heterocycles. The van der Waals surface area contributed by atoms with Crippen LogP contribution in [-0.2, 0) is 6.54 Å². The molecule has 0 amide bonds. The van der Waals surface area contributed by atoms with Crippen molar-refractivity contribution < 1.29 is 0 Å². The molecule has 2 fully saturated rings. The number of hydrogen-bond acceptors (Lipinski definition) is 2. The molecule has 1 N–H and O–H groups in total. The Morgan fingerprint density at radius 2 is 1.76 bits per heavy atom. The molecule has 2 aliphatic rings. The van der Waals surface area contributed by atoms with Crippen LogP contribution < -0.4 is 10.2 Å². The SMILES string of the molecule is CC1CCC(CNCc2ccccc2N2CCCC2)CC1. The van der Waals surface area contributed by atoms with E-state index in [0.29, 0.717) is 0 Å². The summed E-state index contributed by atoms with van der Waals surface area (Å²) in [7, 11) is 0. The van der Waals surface area contributed by atoms with Crippen molar-refractivity contribution in [3.05, 3.63) is 29.8 Å². The molecule has 2 heteroatoms. The van der Waals surface area contributed by atoms with Crippen LogP contribution in [0.15, 0.2) is 24.3 Å². The zero-order valence-corrected chi connectivity index (χ0v) is 13.5. The number of anilines is 1. The van der Waals surface area contributed by atoms with E-state index in [2.05, 4.69) is 41.4 Å². The summed E-state index contributed by atoms with van der Waals surface area (Å²) in [5, 5.41) is 3.72. The molecule has 2 nitrogen and oxygen atoms in total. The molecule has 0 atom stereocenters. The molecule has 0 unspecified atom stereocenters. The van der Waals surface area contributed by atoms with E-state index in [0.717, 1.165) is 18.4 Å². The first-order valence-electron chi connectivity index (χ1n) is 8.86. The molecule has 1 aromatic carbocycles. The molecule has 1 aliphatic heterocycles. The van der Waals surface area contributed by atoms with Gasteiger partial charge in [-0.2, -0.15) is 0 Å². The minimum Gasteiger partial charge on any atom is -0.371 e. The molecule has 116 valence electrons. The first-order valence-corrected chi connectivity index (χ1v) is 8.86. The summed E-state index contributed by atoms with van der Waals surface area (Å²) in [6, 6.07) is 8.95. The second-order valence-electron chi connectivity index (χ2n) is 7.08. The van der Waals surface area contributed by atoms with E-state index in [1.807, 2.05) is 0 Å². The topological polar surface area (TPSA) is 15.3 Å². The smallest absolute Gasteiger partial charge is 0.0411 e. The summed E-state index contributed by atoms with van der Waals surface area (Å²) in [4.78, 5) is 2.55. The van der Waals surface area contributed by atoms with Gasteiger partial charge in [0.2, 0.25) is 0 Å². The molecule has 0 aromatic heterocycles. The van der Waals surface area contributed by atoms with Crippen LogP contribution in [0.1, 0.15) is 51.0 Å². The van der Waals surface area contributed by atoms with Crippen LogP contribution in [-0.4, -0.2) is 19.6 Å². The normalized spacial score (nSPS) is 26.2. The van der Waals surface area contributed by atoms with Gasteiger partial charge in [0.25, 0.3) is 0 Å². The lowest BCUT2D eigenvalue weighted by molar-refractivity contribution is 0.281. The van der Waals surface area contributed by atoms with Gasteiger partial charge in [-0.25, -0.2) is 0 Å². The van der Waals surface area contributed by atoms with Crippen molar-refractivity contribution >= 4 is 5.69 Å². The van der Waals surface area contributed by atoms with Gasteiger partial charge in [0.05, 0.1) is 0 Å². The van der Waals surface area contributed by atoms with Crippen molar-refractivity contribution in [1.82, 2.24) is 5.32 Å². The lowest BCUT2D eigenvalue weighted by Gasteiger charge is -2.27. The molecule has 0 radical (unpaired) electrons. The molecule has 1 aromatic rings. The Bertz CT molecular complexity index is 429. The summed E-state index contributed by atoms with van der Waals surface area (Å²) in [5.74, 6) is 1.86. The van der Waals surface area contributed by atoms with Gasteiger partial charge in [0.15, 0.2) is 0 Å². The highest BCUT2D eigenvalue weighted by Crippen LogP contribution is 2.28. The number of nitrogens with zero attached hydrogens (tertiary/aromatic N) is 1. The van der Waals surface area contributed by atoms with Gasteiger partial charge in [0.1, 0.15) is 0 Å². The molecule has 1 aliphatic carbocycles. The zero-order chi connectivity index (χ0) is 14.5. The highest BCUT2D eigenvalue weighted by Gasteiger charge is 2.18. The van der Waals surface area contributed by atoms with Crippen LogP contribution in [0.25, 0.3) is 0 Å². The van der Waals surface area contributed by atoms with Gasteiger partial charge in [-0.3, -0.25) is 0 Å². The molecule has 1 heterocycles. The minimum absolute atomic E-state index is 0.903. The van der Waals surface area contributed by atoms with Crippen molar-refractivity contribution in [2.45, 2.75) is 52.0 Å². The maximum atomic E-state index is 3.72. The number of benzene rings is 1. The number of hydrogen-bond donors (Lipinski definition) is 1. The standard InChI is InChI=1S/C19H30N2/c1-16-8-10-17(11-9-16)14-20-15-18-6-2-3-7-19(18)21-12-4-5-13-21/h2-3,6-7,16-17,20H,4-5,8-15H2,1H3. The Balaban J connectivity index is 1.51. The fraction of sp³-hybridized carbons (Fsp3) is 0.684. The van der Waals surface area contributed by atoms with E-state index >= 15 is 0 Å². The van der Waals surface area contributed by atoms with Crippen molar-refractivity contribution in [3.63, 3.8) is 0 Å². The quantitative estimate of drug-likeness (QED) is 0.872. The van der Waals surface area contributed by atoms with Crippen LogP contribution >= 0.6 is 0 Å². The van der Waals surface area contributed by atoms with E-state index < -0.39 is 0 Å². The maximum Gasteiger partial charge on any atom is 0.0411 e. The number of rotatable bonds is 5. The molecule has 0 spiro atoms. The minimum atomic E-state index is 0.903. The Labute approximate surface area is 129 Å². The average Bonchev–Trinajstić information content (AvgIpc) is 3.04. The Morgan fingerprint density at radius 3 is 2.52 bits per heavy atom. The van der Waals surface area contributed by atoms with Crippen molar-refractivity contribution in [3.8, 4) is 0 Å². The van der Waals surface area contributed by atoms with Gasteiger partial charge < -0.3 is 10.2 Å². The highest BCUT2D eigenvalue weighted by atomic mass is 15.1. The van der Waals surface area contributed by atoms with E-state index in [4.69, 9.17) is 0 Å². The molecular weight excluding hydrogens is 256 g/mol. The van der Waals surface area contributed by atoms with Gasteiger partial charge >= 0.3 is 0 Å². The summed E-state index contributed by atoms with van der Waals surface area (Å²) in [6.45, 7) is 7.09. The van der Waals surface area contributed by atoms with Crippen LogP contribution in [0, 0.1) is 11.8 Å². The lowest BCUT2D eigenvalue weighted by atomic mass is 9.83. The van der Waals surface area contributed by atoms with Crippen LogP contribution in [0.3, 0.4) is 0 Å². The largest absolute Gasteiger partial charge is 0.371 e. The summed E-state index contributed by atoms with van der Waals surface area (Å²) in [5.41, 5.74) is 2.93. The predicted molar refractivity (Wildman–Crippen MR) is 90.7 cm³/mol. The Morgan fingerprint density at radius 1 is 1.05 bits per heavy atom. The van der Waals surface area contributed by atoms with E-state index in [1.165, 1.54) is 69.4 Å². The Kier molecular flexibility index (Phi) is 5.18. The summed E-state index contributed by atoms with van der Waals surface area (Å²) < 4.78 is 0. The zero-order valence-electron chi connectivity index (χ0n) is 13.5. The predicted octanol–water partition coefficient (Wildman–Crippen LogP) is 4.20. The fourth-order valence-corrected chi connectivity index (χ4v) is 3.87. The van der Waals surface area contributed by atoms with Gasteiger partial charge in [-0.15, -0.1) is 0 Å². The van der Waals surface area contributed by atoms with E-state index in [9.17, 15) is 0 Å². The molecule has 21 heavy (non-hydrogen) atoms. The fourth-order valence-electron chi connectivity index (χ4n) is 3.87. The number of nitrogens with one attached hydrogen (secondary N) is 1. The third-order valence-electron chi connectivity index (χ3n) is 5.32. The molecule has 1 saturated carbocycles. The second kappa shape index (κ2) is 7.31. The second-order valence-corrected chi connectivity index (χ2v) is 7.08. The van der Waals surface area contributed by atoms with Crippen molar-refractivity contribution in [1.29, 1.82) is 0 Å². The molecule has 0 bridgehead atoms. The van der Waals surface area contributed by atoms with Gasteiger partial charge in [-0.1, -0.05) is 38.0 Å².